The van der Waals surface area contributed by atoms with Crippen LogP contribution in [0.25, 0.3) is 0 Å². The molecule has 0 spiro atoms. The molecule has 3 nitrogen and oxygen atoms in total. The zero-order valence-corrected chi connectivity index (χ0v) is 12.4. The molecule has 2 N–H and O–H groups in total. The van der Waals surface area contributed by atoms with E-state index in [9.17, 15) is 5.11 Å². The number of halogens is 1. The number of nitrogens with zero attached hydrogens (tertiary/aromatic N) is 1. The molecule has 0 amide bonds. The standard InChI is InChI=1S/C14H23ClN2O/c1-5-14(2,10-18)9-16-11-6-7-13(17(3)4)12(15)8-11/h6-8,16,18H,5,9-10H2,1-4H3. The van der Waals surface area contributed by atoms with Crippen molar-refractivity contribution in [2.45, 2.75) is 20.3 Å². The van der Waals surface area contributed by atoms with E-state index in [4.69, 9.17) is 11.6 Å². The van der Waals surface area contributed by atoms with Crippen molar-refractivity contribution in [2.24, 2.45) is 5.41 Å². The highest BCUT2D eigenvalue weighted by Crippen LogP contribution is 2.28. The second-order valence-corrected chi connectivity index (χ2v) is 5.64. The molecule has 0 fully saturated rings. The number of benzene rings is 1. The van der Waals surface area contributed by atoms with Gasteiger partial charge in [-0.3, -0.25) is 0 Å². The Bertz CT molecular complexity index is 389. The van der Waals surface area contributed by atoms with Gasteiger partial charge in [-0.2, -0.15) is 0 Å². The Morgan fingerprint density at radius 1 is 1.39 bits per heavy atom. The molecule has 0 saturated carbocycles. The number of nitrogens with one attached hydrogen (secondary N) is 1. The molecule has 1 unspecified atom stereocenters. The van der Waals surface area contributed by atoms with Crippen LogP contribution in [-0.2, 0) is 0 Å². The van der Waals surface area contributed by atoms with Gasteiger partial charge in [-0.25, -0.2) is 0 Å². The van der Waals surface area contributed by atoms with Gasteiger partial charge >= 0.3 is 0 Å². The quantitative estimate of drug-likeness (QED) is 0.833. The maximum atomic E-state index is 9.36. The average Bonchev–Trinajstić information content (AvgIpc) is 2.35. The molecule has 1 rings (SSSR count). The second kappa shape index (κ2) is 6.30. The molecule has 0 aliphatic heterocycles. The molecule has 0 aromatic heterocycles. The number of anilines is 2. The zero-order chi connectivity index (χ0) is 13.8. The van der Waals surface area contributed by atoms with Crippen molar-refractivity contribution in [3.05, 3.63) is 23.2 Å². The monoisotopic (exact) mass is 270 g/mol. The minimum atomic E-state index is -0.0906. The van der Waals surface area contributed by atoms with Crippen molar-refractivity contribution in [1.29, 1.82) is 0 Å². The van der Waals surface area contributed by atoms with Gasteiger partial charge in [0.2, 0.25) is 0 Å². The molecule has 18 heavy (non-hydrogen) atoms. The number of rotatable bonds is 6. The van der Waals surface area contributed by atoms with Crippen molar-refractivity contribution in [1.82, 2.24) is 0 Å². The molecule has 0 saturated heterocycles. The molecule has 1 aromatic rings. The Morgan fingerprint density at radius 3 is 2.50 bits per heavy atom. The smallest absolute Gasteiger partial charge is 0.0659 e. The highest BCUT2D eigenvalue weighted by molar-refractivity contribution is 6.33. The molecule has 0 radical (unpaired) electrons. The van der Waals surface area contributed by atoms with Crippen LogP contribution in [-0.4, -0.2) is 32.4 Å². The number of hydrogen-bond donors (Lipinski definition) is 2. The average molecular weight is 271 g/mol. The Hall–Kier alpha value is -0.930. The summed E-state index contributed by atoms with van der Waals surface area (Å²) in [4.78, 5) is 1.98. The van der Waals surface area contributed by atoms with Gasteiger partial charge < -0.3 is 15.3 Å². The van der Waals surface area contributed by atoms with Gasteiger partial charge in [-0.15, -0.1) is 0 Å². The minimum Gasteiger partial charge on any atom is -0.396 e. The Kier molecular flexibility index (Phi) is 5.29. The van der Waals surface area contributed by atoms with E-state index in [1.165, 1.54) is 0 Å². The van der Waals surface area contributed by atoms with E-state index in [2.05, 4.69) is 19.2 Å². The molecule has 102 valence electrons. The highest BCUT2D eigenvalue weighted by Gasteiger charge is 2.20. The van der Waals surface area contributed by atoms with Crippen LogP contribution in [0, 0.1) is 5.41 Å². The molecule has 1 atom stereocenters. The SMILES string of the molecule is CCC(C)(CO)CNc1ccc(N(C)C)c(Cl)c1. The van der Waals surface area contributed by atoms with Crippen LogP contribution >= 0.6 is 11.6 Å². The van der Waals surface area contributed by atoms with E-state index >= 15 is 0 Å². The third-order valence-electron chi connectivity index (χ3n) is 3.38. The maximum absolute atomic E-state index is 9.36. The topological polar surface area (TPSA) is 35.5 Å². The normalized spacial score (nSPS) is 14.1. The number of hydrogen-bond acceptors (Lipinski definition) is 3. The summed E-state index contributed by atoms with van der Waals surface area (Å²) in [6.45, 7) is 5.06. The fourth-order valence-electron chi connectivity index (χ4n) is 1.59. The summed E-state index contributed by atoms with van der Waals surface area (Å²) in [5.74, 6) is 0. The third-order valence-corrected chi connectivity index (χ3v) is 3.69. The predicted molar refractivity (Wildman–Crippen MR) is 79.8 cm³/mol. The molecular formula is C14H23ClN2O. The molecule has 1 aromatic carbocycles. The predicted octanol–water partition coefficient (Wildman–Crippen LogP) is 3.23. The molecule has 0 aliphatic rings. The molecule has 0 heterocycles. The van der Waals surface area contributed by atoms with E-state index in [1.54, 1.807) is 0 Å². The molecule has 4 heteroatoms. The Morgan fingerprint density at radius 2 is 2.06 bits per heavy atom. The Balaban J connectivity index is 2.72. The molecule has 0 aliphatic carbocycles. The Labute approximate surface area is 115 Å². The zero-order valence-electron chi connectivity index (χ0n) is 11.6. The van der Waals surface area contributed by atoms with Crippen LogP contribution < -0.4 is 10.2 Å². The highest BCUT2D eigenvalue weighted by atomic mass is 35.5. The fourth-order valence-corrected chi connectivity index (χ4v) is 1.94. The van der Waals surface area contributed by atoms with Gasteiger partial charge in [0.05, 0.1) is 17.3 Å². The van der Waals surface area contributed by atoms with Crippen LogP contribution in [0.5, 0.6) is 0 Å². The fraction of sp³-hybridized carbons (Fsp3) is 0.571. The van der Waals surface area contributed by atoms with E-state index < -0.39 is 0 Å². The van der Waals surface area contributed by atoms with Gasteiger partial charge in [0.1, 0.15) is 0 Å². The van der Waals surface area contributed by atoms with E-state index in [0.29, 0.717) is 0 Å². The lowest BCUT2D eigenvalue weighted by molar-refractivity contribution is 0.149. The van der Waals surface area contributed by atoms with Crippen LogP contribution in [0.3, 0.4) is 0 Å². The lowest BCUT2D eigenvalue weighted by Crippen LogP contribution is -2.29. The van der Waals surface area contributed by atoms with Gasteiger partial charge in [-0.1, -0.05) is 25.4 Å². The largest absolute Gasteiger partial charge is 0.396 e. The van der Waals surface area contributed by atoms with Gasteiger partial charge in [0.25, 0.3) is 0 Å². The number of aliphatic hydroxyl groups excluding tert-OH is 1. The summed E-state index contributed by atoms with van der Waals surface area (Å²) in [6, 6.07) is 5.92. The van der Waals surface area contributed by atoms with Crippen molar-refractivity contribution < 1.29 is 5.11 Å². The first kappa shape index (κ1) is 15.1. The van der Waals surface area contributed by atoms with Crippen LogP contribution in [0.1, 0.15) is 20.3 Å². The summed E-state index contributed by atoms with van der Waals surface area (Å²) in [6.07, 6.45) is 0.931. The summed E-state index contributed by atoms with van der Waals surface area (Å²) in [5, 5.41) is 13.4. The first-order valence-electron chi connectivity index (χ1n) is 6.23. The second-order valence-electron chi connectivity index (χ2n) is 5.24. The summed E-state index contributed by atoms with van der Waals surface area (Å²) < 4.78 is 0. The number of aliphatic hydroxyl groups is 1. The van der Waals surface area contributed by atoms with Crippen LogP contribution in [0.2, 0.25) is 5.02 Å². The minimum absolute atomic E-state index is 0.0906. The van der Waals surface area contributed by atoms with Gasteiger partial charge in [-0.05, 0) is 24.6 Å². The van der Waals surface area contributed by atoms with Crippen LogP contribution in [0.15, 0.2) is 18.2 Å². The summed E-state index contributed by atoms with van der Waals surface area (Å²) in [5.41, 5.74) is 1.90. The lowest BCUT2D eigenvalue weighted by Gasteiger charge is -2.26. The van der Waals surface area contributed by atoms with E-state index in [1.807, 2.05) is 37.2 Å². The summed E-state index contributed by atoms with van der Waals surface area (Å²) >= 11 is 6.21. The van der Waals surface area contributed by atoms with Crippen molar-refractivity contribution >= 4 is 23.0 Å². The lowest BCUT2D eigenvalue weighted by atomic mass is 9.88. The van der Waals surface area contributed by atoms with Gasteiger partial charge in [0.15, 0.2) is 0 Å². The first-order chi connectivity index (χ1) is 8.41. The first-order valence-corrected chi connectivity index (χ1v) is 6.61. The van der Waals surface area contributed by atoms with Gasteiger partial charge in [0, 0.05) is 31.7 Å². The van der Waals surface area contributed by atoms with E-state index in [-0.39, 0.29) is 12.0 Å². The van der Waals surface area contributed by atoms with E-state index in [0.717, 1.165) is 29.4 Å². The maximum Gasteiger partial charge on any atom is 0.0659 e. The van der Waals surface area contributed by atoms with Crippen molar-refractivity contribution in [3.8, 4) is 0 Å². The van der Waals surface area contributed by atoms with Crippen LogP contribution in [0.4, 0.5) is 11.4 Å². The van der Waals surface area contributed by atoms with Crippen molar-refractivity contribution in [3.63, 3.8) is 0 Å². The molecule has 0 bridgehead atoms. The molecular weight excluding hydrogens is 248 g/mol. The third kappa shape index (κ3) is 3.79. The summed E-state index contributed by atoms with van der Waals surface area (Å²) in [7, 11) is 3.93. The van der Waals surface area contributed by atoms with Crippen molar-refractivity contribution in [2.75, 3.05) is 37.5 Å².